The summed E-state index contributed by atoms with van der Waals surface area (Å²) < 4.78 is 18.8. The van der Waals surface area contributed by atoms with E-state index < -0.39 is 0 Å². The molecule has 1 aliphatic rings. The van der Waals surface area contributed by atoms with E-state index in [-0.39, 0.29) is 22.4 Å². The molecule has 0 radical (unpaired) electrons. The molecule has 0 spiro atoms. The number of rotatable bonds is 5. The van der Waals surface area contributed by atoms with Crippen molar-refractivity contribution in [2.45, 2.75) is 37.0 Å². The molecule has 0 aliphatic carbocycles. The van der Waals surface area contributed by atoms with Gasteiger partial charge >= 0.3 is 0 Å². The van der Waals surface area contributed by atoms with Crippen LogP contribution in [0.1, 0.15) is 25.3 Å². The van der Waals surface area contributed by atoms with Crippen LogP contribution in [0.25, 0.3) is 0 Å². The van der Waals surface area contributed by atoms with Gasteiger partial charge in [0.15, 0.2) is 11.6 Å². The Morgan fingerprint density at radius 1 is 1.58 bits per heavy atom. The lowest BCUT2D eigenvalue weighted by Gasteiger charge is -2.33. The fourth-order valence-electron chi connectivity index (χ4n) is 2.60. The number of benzene rings is 1. The highest BCUT2D eigenvalue weighted by molar-refractivity contribution is 8.00. The summed E-state index contributed by atoms with van der Waals surface area (Å²) in [5, 5.41) is 0. The van der Waals surface area contributed by atoms with Gasteiger partial charge in [-0.3, -0.25) is 11.3 Å². The summed E-state index contributed by atoms with van der Waals surface area (Å²) in [6.45, 7) is 2.23. The van der Waals surface area contributed by atoms with E-state index in [1.165, 1.54) is 25.3 Å². The molecule has 106 valence electrons. The lowest BCUT2D eigenvalue weighted by atomic mass is 9.91. The minimum Gasteiger partial charge on any atom is -0.494 e. The molecule has 1 heterocycles. The van der Waals surface area contributed by atoms with Crippen molar-refractivity contribution in [3.05, 3.63) is 29.6 Å². The van der Waals surface area contributed by atoms with Crippen molar-refractivity contribution in [2.24, 2.45) is 5.84 Å². The van der Waals surface area contributed by atoms with Gasteiger partial charge in [-0.15, -0.1) is 0 Å². The largest absolute Gasteiger partial charge is 0.494 e. The van der Waals surface area contributed by atoms with E-state index in [0.717, 1.165) is 18.4 Å². The predicted octanol–water partition coefficient (Wildman–Crippen LogP) is 2.49. The molecule has 1 aliphatic heterocycles. The van der Waals surface area contributed by atoms with Crippen molar-refractivity contribution in [1.29, 1.82) is 0 Å². The van der Waals surface area contributed by atoms with Crippen LogP contribution in [-0.4, -0.2) is 23.7 Å². The molecule has 1 aromatic carbocycles. The first-order valence-corrected chi connectivity index (χ1v) is 7.50. The second-order valence-corrected chi connectivity index (χ2v) is 6.79. The molecule has 2 unspecified atom stereocenters. The van der Waals surface area contributed by atoms with Gasteiger partial charge in [0.25, 0.3) is 0 Å². The third kappa shape index (κ3) is 3.22. The number of methoxy groups -OCH3 is 1. The van der Waals surface area contributed by atoms with Crippen molar-refractivity contribution >= 4 is 11.8 Å². The Kier molecular flexibility index (Phi) is 4.71. The van der Waals surface area contributed by atoms with Crippen LogP contribution in [0.5, 0.6) is 5.75 Å². The minimum absolute atomic E-state index is 0.130. The molecular weight excluding hydrogens is 263 g/mol. The molecular formula is C14H21FN2OS. The predicted molar refractivity (Wildman–Crippen MR) is 77.9 cm³/mol. The lowest BCUT2D eigenvalue weighted by Crippen LogP contribution is -2.50. The summed E-state index contributed by atoms with van der Waals surface area (Å²) in [5.41, 5.74) is 3.85. The summed E-state index contributed by atoms with van der Waals surface area (Å²) in [5.74, 6) is 6.83. The van der Waals surface area contributed by atoms with Gasteiger partial charge in [-0.2, -0.15) is 11.8 Å². The van der Waals surface area contributed by atoms with Gasteiger partial charge in [0.1, 0.15) is 0 Å². The monoisotopic (exact) mass is 284 g/mol. The third-order valence-electron chi connectivity index (χ3n) is 3.84. The van der Waals surface area contributed by atoms with Crippen LogP contribution in [0.3, 0.4) is 0 Å². The smallest absolute Gasteiger partial charge is 0.165 e. The molecule has 2 atom stereocenters. The number of hydrogen-bond donors (Lipinski definition) is 2. The van der Waals surface area contributed by atoms with Gasteiger partial charge < -0.3 is 4.74 Å². The molecule has 0 aromatic heterocycles. The zero-order valence-corrected chi connectivity index (χ0v) is 12.2. The highest BCUT2D eigenvalue weighted by Gasteiger charge is 2.37. The zero-order valence-electron chi connectivity index (χ0n) is 11.4. The first-order valence-electron chi connectivity index (χ1n) is 6.51. The van der Waals surface area contributed by atoms with Crippen molar-refractivity contribution in [3.8, 4) is 5.75 Å². The quantitative estimate of drug-likeness (QED) is 0.644. The van der Waals surface area contributed by atoms with Crippen LogP contribution in [-0.2, 0) is 6.42 Å². The van der Waals surface area contributed by atoms with Gasteiger partial charge in [0.05, 0.1) is 7.11 Å². The van der Waals surface area contributed by atoms with E-state index in [4.69, 9.17) is 10.6 Å². The Labute approximate surface area is 118 Å². The SMILES string of the molecule is COc1ccc(CC(NN)C2(C)CCCS2)cc1F. The van der Waals surface area contributed by atoms with E-state index in [9.17, 15) is 4.39 Å². The van der Waals surface area contributed by atoms with Gasteiger partial charge in [0, 0.05) is 10.8 Å². The van der Waals surface area contributed by atoms with Gasteiger partial charge in [-0.1, -0.05) is 6.07 Å². The fraction of sp³-hybridized carbons (Fsp3) is 0.571. The van der Waals surface area contributed by atoms with Gasteiger partial charge in [-0.05, 0) is 49.6 Å². The molecule has 0 amide bonds. The first-order chi connectivity index (χ1) is 9.09. The second-order valence-electron chi connectivity index (χ2n) is 5.16. The average molecular weight is 284 g/mol. The molecule has 5 heteroatoms. The lowest BCUT2D eigenvalue weighted by molar-refractivity contribution is 0.384. The summed E-state index contributed by atoms with van der Waals surface area (Å²) in [6.07, 6.45) is 3.09. The number of hydrazine groups is 1. The van der Waals surface area contributed by atoms with E-state index in [0.29, 0.717) is 0 Å². The van der Waals surface area contributed by atoms with Crippen molar-refractivity contribution in [1.82, 2.24) is 5.43 Å². The molecule has 1 fully saturated rings. The number of ether oxygens (including phenoxy) is 1. The molecule has 3 nitrogen and oxygen atoms in total. The zero-order chi connectivity index (χ0) is 13.9. The fourth-order valence-corrected chi connectivity index (χ4v) is 4.00. The highest BCUT2D eigenvalue weighted by atomic mass is 32.2. The maximum absolute atomic E-state index is 13.7. The summed E-state index contributed by atoms with van der Waals surface area (Å²) in [7, 11) is 1.47. The van der Waals surface area contributed by atoms with Crippen LogP contribution in [0.15, 0.2) is 18.2 Å². The Morgan fingerprint density at radius 3 is 2.89 bits per heavy atom. The Balaban J connectivity index is 2.12. The van der Waals surface area contributed by atoms with Crippen LogP contribution in [0, 0.1) is 5.82 Å². The van der Waals surface area contributed by atoms with Crippen molar-refractivity contribution < 1.29 is 9.13 Å². The van der Waals surface area contributed by atoms with Crippen molar-refractivity contribution in [2.75, 3.05) is 12.9 Å². The number of nitrogens with two attached hydrogens (primary N) is 1. The Hall–Kier alpha value is -0.780. The summed E-state index contributed by atoms with van der Waals surface area (Å²) in [6, 6.07) is 5.25. The summed E-state index contributed by atoms with van der Waals surface area (Å²) >= 11 is 1.95. The van der Waals surface area contributed by atoms with Crippen LogP contribution >= 0.6 is 11.8 Å². The van der Waals surface area contributed by atoms with E-state index in [2.05, 4.69) is 12.3 Å². The minimum atomic E-state index is -0.319. The van der Waals surface area contributed by atoms with Gasteiger partial charge in [0.2, 0.25) is 0 Å². The third-order valence-corrected chi connectivity index (χ3v) is 5.48. The van der Waals surface area contributed by atoms with Crippen LogP contribution < -0.4 is 16.0 Å². The maximum Gasteiger partial charge on any atom is 0.165 e. The van der Waals surface area contributed by atoms with Crippen LogP contribution in [0.2, 0.25) is 0 Å². The normalized spacial score (nSPS) is 24.4. The van der Waals surface area contributed by atoms with Gasteiger partial charge in [-0.25, -0.2) is 4.39 Å². The summed E-state index contributed by atoms with van der Waals surface area (Å²) in [4.78, 5) is 0. The first kappa shape index (κ1) is 14.6. The molecule has 3 N–H and O–H groups in total. The van der Waals surface area contributed by atoms with E-state index in [1.807, 2.05) is 17.8 Å². The number of halogens is 1. The molecule has 0 bridgehead atoms. The maximum atomic E-state index is 13.7. The van der Waals surface area contributed by atoms with Crippen molar-refractivity contribution in [3.63, 3.8) is 0 Å². The highest BCUT2D eigenvalue weighted by Crippen LogP contribution is 2.41. The Morgan fingerprint density at radius 2 is 2.37 bits per heavy atom. The van der Waals surface area contributed by atoms with E-state index in [1.54, 1.807) is 6.07 Å². The number of nitrogens with one attached hydrogen (secondary N) is 1. The average Bonchev–Trinajstić information content (AvgIpc) is 2.84. The topological polar surface area (TPSA) is 47.3 Å². The molecule has 0 saturated carbocycles. The standard InChI is InChI=1S/C14H21FN2OS/c1-14(6-3-7-19-14)13(17-16)9-10-4-5-12(18-2)11(15)8-10/h4-5,8,13,17H,3,6-7,9,16H2,1-2H3. The molecule has 1 aromatic rings. The Bertz CT molecular complexity index is 435. The van der Waals surface area contributed by atoms with Crippen LogP contribution in [0.4, 0.5) is 4.39 Å². The molecule has 1 saturated heterocycles. The molecule has 2 rings (SSSR count). The van der Waals surface area contributed by atoms with E-state index >= 15 is 0 Å². The number of hydrogen-bond acceptors (Lipinski definition) is 4. The second kappa shape index (κ2) is 6.11. The number of thioether (sulfide) groups is 1. The molecule has 19 heavy (non-hydrogen) atoms.